The minimum absolute atomic E-state index is 0.167. The summed E-state index contributed by atoms with van der Waals surface area (Å²) in [6.45, 7) is 4.63. The zero-order chi connectivity index (χ0) is 11.5. The Hall–Kier alpha value is -0.210. The first-order chi connectivity index (χ1) is 7.02. The van der Waals surface area contributed by atoms with E-state index in [1.165, 1.54) is 12.8 Å². The van der Waals surface area contributed by atoms with Crippen molar-refractivity contribution in [3.05, 3.63) is 23.8 Å². The highest BCUT2D eigenvalue weighted by atomic mass is 32.1. The van der Waals surface area contributed by atoms with Gasteiger partial charge in [0.15, 0.2) is 0 Å². The highest BCUT2D eigenvalue weighted by molar-refractivity contribution is 7.80. The van der Waals surface area contributed by atoms with E-state index in [1.54, 1.807) is 5.57 Å². The van der Waals surface area contributed by atoms with E-state index < -0.39 is 0 Å². The van der Waals surface area contributed by atoms with Crippen molar-refractivity contribution in [2.75, 3.05) is 19.8 Å². The third-order valence-electron chi connectivity index (χ3n) is 3.76. The molecule has 1 aliphatic carbocycles. The van der Waals surface area contributed by atoms with E-state index >= 15 is 0 Å². The van der Waals surface area contributed by atoms with Gasteiger partial charge in [-0.1, -0.05) is 30.7 Å². The first-order valence-corrected chi connectivity index (χ1v) is 6.32. The highest BCUT2D eigenvalue weighted by Gasteiger charge is 2.34. The molecule has 0 radical (unpaired) electrons. The molecule has 0 heterocycles. The maximum Gasteiger partial charge on any atom is 0.0422 e. The Morgan fingerprint density at radius 3 is 2.67 bits per heavy atom. The Morgan fingerprint density at radius 1 is 1.47 bits per heavy atom. The summed E-state index contributed by atoms with van der Waals surface area (Å²) >= 11 is 4.28. The molecule has 0 aliphatic heterocycles. The summed E-state index contributed by atoms with van der Waals surface area (Å²) in [4.78, 5) is 2.31. The minimum atomic E-state index is 0.167. The average Bonchev–Trinajstić information content (AvgIpc) is 2.20. The van der Waals surface area contributed by atoms with Crippen LogP contribution >= 0.6 is 12.6 Å². The summed E-state index contributed by atoms with van der Waals surface area (Å²) in [6.07, 6.45) is 9.14. The summed E-state index contributed by atoms with van der Waals surface area (Å²) in [5.41, 5.74) is 1.73. The second-order valence-electron chi connectivity index (χ2n) is 4.77. The van der Waals surface area contributed by atoms with Gasteiger partial charge in [-0.2, -0.15) is 12.6 Å². The maximum absolute atomic E-state index is 4.28. The summed E-state index contributed by atoms with van der Waals surface area (Å²) in [6, 6.07) is 0. The van der Waals surface area contributed by atoms with Crippen molar-refractivity contribution >= 4 is 12.6 Å². The van der Waals surface area contributed by atoms with Crippen LogP contribution in [0.2, 0.25) is 0 Å². The Morgan fingerprint density at radius 2 is 2.13 bits per heavy atom. The average molecular weight is 225 g/mol. The molecule has 0 amide bonds. The SMILES string of the molecule is CC1C(CCCS)=CC=CC1(C)N(C)C. The van der Waals surface area contributed by atoms with Crippen LogP contribution in [0.3, 0.4) is 0 Å². The molecule has 0 aromatic carbocycles. The van der Waals surface area contributed by atoms with Crippen molar-refractivity contribution in [1.82, 2.24) is 4.90 Å². The van der Waals surface area contributed by atoms with Crippen LogP contribution < -0.4 is 0 Å². The molecular formula is C13H23NS. The number of hydrogen-bond acceptors (Lipinski definition) is 2. The fourth-order valence-corrected chi connectivity index (χ4v) is 2.31. The van der Waals surface area contributed by atoms with Crippen molar-refractivity contribution in [3.8, 4) is 0 Å². The maximum atomic E-state index is 4.28. The third-order valence-corrected chi connectivity index (χ3v) is 4.08. The predicted molar refractivity (Wildman–Crippen MR) is 71.6 cm³/mol. The number of nitrogens with zero attached hydrogens (tertiary/aromatic N) is 1. The second kappa shape index (κ2) is 5.22. The van der Waals surface area contributed by atoms with Gasteiger partial charge in [0.25, 0.3) is 0 Å². The van der Waals surface area contributed by atoms with E-state index in [0.29, 0.717) is 5.92 Å². The summed E-state index contributed by atoms with van der Waals surface area (Å²) in [5.74, 6) is 1.57. The van der Waals surface area contributed by atoms with Gasteiger partial charge in [-0.05, 0) is 45.5 Å². The van der Waals surface area contributed by atoms with Gasteiger partial charge in [0.1, 0.15) is 0 Å². The zero-order valence-electron chi connectivity index (χ0n) is 10.3. The van der Waals surface area contributed by atoms with Crippen LogP contribution in [-0.4, -0.2) is 30.3 Å². The molecule has 0 spiro atoms. The van der Waals surface area contributed by atoms with Crippen LogP contribution in [0.1, 0.15) is 26.7 Å². The van der Waals surface area contributed by atoms with Crippen molar-refractivity contribution < 1.29 is 0 Å². The number of thiol groups is 1. The van der Waals surface area contributed by atoms with Crippen LogP contribution in [0.15, 0.2) is 23.8 Å². The second-order valence-corrected chi connectivity index (χ2v) is 5.22. The van der Waals surface area contributed by atoms with E-state index in [9.17, 15) is 0 Å². The molecule has 0 bridgehead atoms. The first-order valence-electron chi connectivity index (χ1n) is 5.69. The van der Waals surface area contributed by atoms with E-state index in [-0.39, 0.29) is 5.54 Å². The molecule has 0 saturated carbocycles. The molecule has 0 fully saturated rings. The molecule has 0 aromatic heterocycles. The number of allylic oxidation sites excluding steroid dienone is 2. The van der Waals surface area contributed by atoms with Crippen LogP contribution in [0.25, 0.3) is 0 Å². The lowest BCUT2D eigenvalue weighted by Gasteiger charge is -2.42. The van der Waals surface area contributed by atoms with Crippen LogP contribution in [0, 0.1) is 5.92 Å². The van der Waals surface area contributed by atoms with Crippen LogP contribution in [0.4, 0.5) is 0 Å². The van der Waals surface area contributed by atoms with Gasteiger partial charge in [0, 0.05) is 5.54 Å². The Bertz CT molecular complexity index is 268. The van der Waals surface area contributed by atoms with E-state index in [0.717, 1.165) is 5.75 Å². The number of rotatable bonds is 4. The lowest BCUT2D eigenvalue weighted by Crippen LogP contribution is -2.46. The van der Waals surface area contributed by atoms with Crippen LogP contribution in [0.5, 0.6) is 0 Å². The summed E-state index contributed by atoms with van der Waals surface area (Å²) in [7, 11) is 4.31. The summed E-state index contributed by atoms with van der Waals surface area (Å²) in [5, 5.41) is 0. The molecule has 1 nitrogen and oxygen atoms in total. The molecule has 86 valence electrons. The van der Waals surface area contributed by atoms with Gasteiger partial charge in [0.2, 0.25) is 0 Å². The molecule has 2 heteroatoms. The largest absolute Gasteiger partial charge is 0.300 e. The Labute approximate surface area is 99.6 Å². The molecule has 15 heavy (non-hydrogen) atoms. The van der Waals surface area contributed by atoms with Crippen molar-refractivity contribution in [2.45, 2.75) is 32.2 Å². The topological polar surface area (TPSA) is 3.24 Å². The van der Waals surface area contributed by atoms with Gasteiger partial charge < -0.3 is 0 Å². The molecule has 0 N–H and O–H groups in total. The highest BCUT2D eigenvalue weighted by Crippen LogP contribution is 2.35. The Kier molecular flexibility index (Phi) is 4.47. The molecule has 1 aliphatic rings. The van der Waals surface area contributed by atoms with Crippen molar-refractivity contribution in [2.24, 2.45) is 5.92 Å². The minimum Gasteiger partial charge on any atom is -0.300 e. The molecule has 0 aromatic rings. The zero-order valence-corrected chi connectivity index (χ0v) is 11.2. The quantitative estimate of drug-likeness (QED) is 0.719. The normalized spacial score (nSPS) is 30.8. The molecule has 1 rings (SSSR count). The monoisotopic (exact) mass is 225 g/mol. The van der Waals surface area contributed by atoms with Crippen molar-refractivity contribution in [3.63, 3.8) is 0 Å². The standard InChI is InChI=1S/C13H23NS/c1-11-12(8-6-10-15)7-5-9-13(11,2)14(3)4/h5,7,9,11,15H,6,8,10H2,1-4H3. The smallest absolute Gasteiger partial charge is 0.0422 e. The lowest BCUT2D eigenvalue weighted by molar-refractivity contribution is 0.172. The van der Waals surface area contributed by atoms with E-state index in [4.69, 9.17) is 0 Å². The summed E-state index contributed by atoms with van der Waals surface area (Å²) < 4.78 is 0. The van der Waals surface area contributed by atoms with Crippen LogP contribution in [-0.2, 0) is 0 Å². The van der Waals surface area contributed by atoms with E-state index in [1.807, 2.05) is 0 Å². The van der Waals surface area contributed by atoms with Gasteiger partial charge in [0.05, 0.1) is 0 Å². The van der Waals surface area contributed by atoms with Gasteiger partial charge in [-0.25, -0.2) is 0 Å². The number of hydrogen-bond donors (Lipinski definition) is 1. The predicted octanol–water partition coefficient (Wildman–Crippen LogP) is 3.15. The first kappa shape index (κ1) is 12.9. The molecule has 0 saturated heterocycles. The van der Waals surface area contributed by atoms with Gasteiger partial charge in [-0.15, -0.1) is 0 Å². The number of likely N-dealkylation sites (N-methyl/N-ethyl adjacent to an activating group) is 1. The van der Waals surface area contributed by atoms with Crippen molar-refractivity contribution in [1.29, 1.82) is 0 Å². The fourth-order valence-electron chi connectivity index (χ4n) is 2.15. The molecule has 2 unspecified atom stereocenters. The van der Waals surface area contributed by atoms with Gasteiger partial charge in [-0.3, -0.25) is 4.90 Å². The lowest BCUT2D eigenvalue weighted by atomic mass is 9.76. The third kappa shape index (κ3) is 2.67. The fraction of sp³-hybridized carbons (Fsp3) is 0.692. The van der Waals surface area contributed by atoms with E-state index in [2.05, 4.69) is 63.7 Å². The molecular weight excluding hydrogens is 202 g/mol. The van der Waals surface area contributed by atoms with Gasteiger partial charge >= 0.3 is 0 Å². The molecule has 2 atom stereocenters. The Balaban J connectivity index is 2.78.